The van der Waals surface area contributed by atoms with Crippen LogP contribution < -0.4 is 5.32 Å². The number of rotatable bonds is 4. The number of halogens is 1. The molecule has 1 saturated carbocycles. The molecule has 92 valence electrons. The highest BCUT2D eigenvalue weighted by Gasteiger charge is 2.27. The van der Waals surface area contributed by atoms with E-state index in [0.29, 0.717) is 18.0 Å². The fourth-order valence-corrected chi connectivity index (χ4v) is 2.00. The van der Waals surface area contributed by atoms with Crippen LogP contribution in [-0.4, -0.2) is 23.7 Å². The van der Waals surface area contributed by atoms with Crippen LogP contribution in [0.3, 0.4) is 0 Å². The summed E-state index contributed by atoms with van der Waals surface area (Å²) in [7, 11) is 0. The Morgan fingerprint density at radius 1 is 1.41 bits per heavy atom. The van der Waals surface area contributed by atoms with Gasteiger partial charge >= 0.3 is 0 Å². The molecule has 2 rings (SSSR count). The van der Waals surface area contributed by atoms with Crippen LogP contribution in [0.1, 0.15) is 18.4 Å². The second kappa shape index (κ2) is 5.27. The maximum atomic E-state index is 13.3. The van der Waals surface area contributed by atoms with Gasteiger partial charge in [0, 0.05) is 6.54 Å². The lowest BCUT2D eigenvalue weighted by Crippen LogP contribution is -2.38. The molecular weight excluding hydrogens is 221 g/mol. The molecule has 0 aromatic heterocycles. The van der Waals surface area contributed by atoms with E-state index in [1.807, 2.05) is 0 Å². The van der Waals surface area contributed by atoms with Crippen LogP contribution in [0.2, 0.25) is 0 Å². The maximum absolute atomic E-state index is 13.3. The Morgan fingerprint density at radius 3 is 2.76 bits per heavy atom. The molecule has 1 aromatic carbocycles. The molecular formula is C13H16FNO2. The van der Waals surface area contributed by atoms with Crippen molar-refractivity contribution in [2.75, 3.05) is 6.54 Å². The van der Waals surface area contributed by atoms with Crippen LogP contribution >= 0.6 is 0 Å². The number of hydrogen-bond donors (Lipinski definition) is 2. The minimum absolute atomic E-state index is 0.0714. The number of nitrogens with one attached hydrogen (secondary N) is 1. The summed E-state index contributed by atoms with van der Waals surface area (Å²) >= 11 is 0. The van der Waals surface area contributed by atoms with Crippen molar-refractivity contribution in [3.05, 3.63) is 35.6 Å². The number of hydrogen-bond acceptors (Lipinski definition) is 2. The Bertz CT molecular complexity index is 402. The quantitative estimate of drug-likeness (QED) is 0.828. The van der Waals surface area contributed by atoms with Crippen molar-refractivity contribution < 1.29 is 14.3 Å². The topological polar surface area (TPSA) is 49.3 Å². The number of carbonyl (C=O) groups is 1. The molecule has 0 atom stereocenters. The third-order valence-electron chi connectivity index (χ3n) is 3.11. The molecule has 0 saturated heterocycles. The van der Waals surface area contributed by atoms with Gasteiger partial charge in [0.25, 0.3) is 0 Å². The number of amides is 1. The van der Waals surface area contributed by atoms with Gasteiger partial charge in [0.05, 0.1) is 12.5 Å². The number of aliphatic hydroxyl groups is 1. The largest absolute Gasteiger partial charge is 0.393 e. The molecule has 3 nitrogen and oxygen atoms in total. The molecule has 0 spiro atoms. The highest BCUT2D eigenvalue weighted by atomic mass is 19.1. The standard InChI is InChI=1S/C13H16FNO2/c14-12-4-2-1-3-10(12)7-13(17)15-8-9-5-11(16)6-9/h1-4,9,11,16H,5-8H2,(H,15,17). The fourth-order valence-electron chi connectivity index (χ4n) is 2.00. The zero-order valence-corrected chi connectivity index (χ0v) is 9.53. The summed E-state index contributed by atoms with van der Waals surface area (Å²) in [6.45, 7) is 0.574. The van der Waals surface area contributed by atoms with E-state index in [-0.39, 0.29) is 24.2 Å². The van der Waals surface area contributed by atoms with Crippen LogP contribution in [0.25, 0.3) is 0 Å². The summed E-state index contributed by atoms with van der Waals surface area (Å²) in [5.41, 5.74) is 0.415. The van der Waals surface area contributed by atoms with Crippen LogP contribution in [-0.2, 0) is 11.2 Å². The highest BCUT2D eigenvalue weighted by molar-refractivity contribution is 5.78. The number of aliphatic hydroxyl groups excluding tert-OH is 1. The molecule has 0 aliphatic heterocycles. The summed E-state index contributed by atoms with van der Waals surface area (Å²) in [5, 5.41) is 11.9. The number of benzene rings is 1. The van der Waals surface area contributed by atoms with Crippen molar-refractivity contribution in [1.82, 2.24) is 5.32 Å². The molecule has 1 aliphatic carbocycles. The van der Waals surface area contributed by atoms with Gasteiger partial charge in [-0.1, -0.05) is 18.2 Å². The van der Waals surface area contributed by atoms with Crippen molar-refractivity contribution in [2.24, 2.45) is 5.92 Å². The van der Waals surface area contributed by atoms with Gasteiger partial charge in [0.15, 0.2) is 0 Å². The first-order chi connectivity index (χ1) is 8.15. The minimum Gasteiger partial charge on any atom is -0.393 e. The zero-order valence-electron chi connectivity index (χ0n) is 9.53. The average molecular weight is 237 g/mol. The Balaban J connectivity index is 1.76. The van der Waals surface area contributed by atoms with E-state index < -0.39 is 0 Å². The Hall–Kier alpha value is -1.42. The third-order valence-corrected chi connectivity index (χ3v) is 3.11. The SMILES string of the molecule is O=C(Cc1ccccc1F)NCC1CC(O)C1. The average Bonchev–Trinajstić information content (AvgIpc) is 2.26. The van der Waals surface area contributed by atoms with E-state index in [4.69, 9.17) is 5.11 Å². The highest BCUT2D eigenvalue weighted by Crippen LogP contribution is 2.26. The van der Waals surface area contributed by atoms with Gasteiger partial charge in [-0.25, -0.2) is 4.39 Å². The molecule has 1 aliphatic rings. The Kier molecular flexibility index (Phi) is 3.74. The second-order valence-electron chi connectivity index (χ2n) is 4.56. The van der Waals surface area contributed by atoms with Crippen LogP contribution in [0.5, 0.6) is 0 Å². The molecule has 0 bridgehead atoms. The van der Waals surface area contributed by atoms with Crippen LogP contribution in [0, 0.1) is 11.7 Å². The van der Waals surface area contributed by atoms with Gasteiger partial charge in [-0.05, 0) is 30.4 Å². The second-order valence-corrected chi connectivity index (χ2v) is 4.56. The molecule has 1 aromatic rings. The zero-order chi connectivity index (χ0) is 12.3. The smallest absolute Gasteiger partial charge is 0.224 e. The molecule has 0 radical (unpaired) electrons. The predicted octanol–water partition coefficient (Wildman–Crippen LogP) is 1.26. The molecule has 0 unspecified atom stereocenters. The lowest BCUT2D eigenvalue weighted by molar-refractivity contribution is -0.121. The lowest BCUT2D eigenvalue weighted by atomic mass is 9.82. The first kappa shape index (κ1) is 12.0. The first-order valence-corrected chi connectivity index (χ1v) is 5.83. The predicted molar refractivity (Wildman–Crippen MR) is 61.8 cm³/mol. The van der Waals surface area contributed by atoms with Gasteiger partial charge in [0.2, 0.25) is 5.91 Å². The van der Waals surface area contributed by atoms with Gasteiger partial charge in [-0.15, -0.1) is 0 Å². The summed E-state index contributed by atoms with van der Waals surface area (Å²) in [5.74, 6) is -0.146. The maximum Gasteiger partial charge on any atom is 0.224 e. The molecule has 1 amide bonds. The lowest BCUT2D eigenvalue weighted by Gasteiger charge is -2.31. The van der Waals surface area contributed by atoms with E-state index in [0.717, 1.165) is 12.8 Å². The van der Waals surface area contributed by atoms with Crippen molar-refractivity contribution in [2.45, 2.75) is 25.4 Å². The van der Waals surface area contributed by atoms with Crippen molar-refractivity contribution >= 4 is 5.91 Å². The van der Waals surface area contributed by atoms with Crippen LogP contribution in [0.15, 0.2) is 24.3 Å². The molecule has 4 heteroatoms. The van der Waals surface area contributed by atoms with Gasteiger partial charge in [-0.3, -0.25) is 4.79 Å². The molecule has 0 heterocycles. The normalized spacial score (nSPS) is 22.9. The van der Waals surface area contributed by atoms with Gasteiger partial charge in [0.1, 0.15) is 5.82 Å². The number of carbonyl (C=O) groups excluding carboxylic acids is 1. The summed E-state index contributed by atoms with van der Waals surface area (Å²) in [6.07, 6.45) is 1.37. The monoisotopic (exact) mass is 237 g/mol. The molecule has 17 heavy (non-hydrogen) atoms. The van der Waals surface area contributed by atoms with E-state index in [9.17, 15) is 9.18 Å². The molecule has 2 N–H and O–H groups in total. The van der Waals surface area contributed by atoms with E-state index >= 15 is 0 Å². The summed E-state index contributed by atoms with van der Waals surface area (Å²) in [6, 6.07) is 6.29. The summed E-state index contributed by atoms with van der Waals surface area (Å²) in [4.78, 5) is 11.6. The van der Waals surface area contributed by atoms with E-state index in [2.05, 4.69) is 5.32 Å². The fraction of sp³-hybridized carbons (Fsp3) is 0.462. The van der Waals surface area contributed by atoms with Gasteiger partial charge < -0.3 is 10.4 Å². The summed E-state index contributed by atoms with van der Waals surface area (Å²) < 4.78 is 13.3. The van der Waals surface area contributed by atoms with Crippen LogP contribution in [0.4, 0.5) is 4.39 Å². The van der Waals surface area contributed by atoms with E-state index in [1.165, 1.54) is 6.07 Å². The van der Waals surface area contributed by atoms with Crippen molar-refractivity contribution in [3.63, 3.8) is 0 Å². The van der Waals surface area contributed by atoms with Crippen molar-refractivity contribution in [3.8, 4) is 0 Å². The molecule has 1 fully saturated rings. The van der Waals surface area contributed by atoms with Crippen molar-refractivity contribution in [1.29, 1.82) is 0 Å². The Morgan fingerprint density at radius 2 is 2.12 bits per heavy atom. The van der Waals surface area contributed by atoms with Gasteiger partial charge in [-0.2, -0.15) is 0 Å². The Labute approximate surface area is 99.7 Å². The van der Waals surface area contributed by atoms with E-state index in [1.54, 1.807) is 18.2 Å². The third kappa shape index (κ3) is 3.27. The first-order valence-electron chi connectivity index (χ1n) is 5.83. The minimum atomic E-state index is -0.346.